The van der Waals surface area contributed by atoms with Gasteiger partial charge in [0, 0.05) is 18.6 Å². The highest BCUT2D eigenvalue weighted by Gasteiger charge is 2.53. The summed E-state index contributed by atoms with van der Waals surface area (Å²) in [6.45, 7) is 0.637. The molecule has 0 amide bonds. The maximum Gasteiger partial charge on any atom is 0.216 e. The van der Waals surface area contributed by atoms with E-state index in [-0.39, 0.29) is 29.9 Å². The molecule has 1 aromatic rings. The highest BCUT2D eigenvalue weighted by Crippen LogP contribution is 2.38. The number of hydrogen-bond donors (Lipinski definition) is 2. The Balaban J connectivity index is 1.72. The van der Waals surface area contributed by atoms with Gasteiger partial charge in [0.2, 0.25) is 10.0 Å². The van der Waals surface area contributed by atoms with Crippen molar-refractivity contribution in [2.24, 2.45) is 11.7 Å². The summed E-state index contributed by atoms with van der Waals surface area (Å²) >= 11 is 0. The Morgan fingerprint density at radius 3 is 2.95 bits per heavy atom. The second kappa shape index (κ2) is 5.39. The standard InChI is InChI=1S/C14H17N3O3S/c15-7-9-3-1-2-4-10(9)8-21(18,19)17-13-12(16)11-5-6-20-14(11)13/h1-4,11-14,17H,5-6,8,16H2. The van der Waals surface area contributed by atoms with E-state index in [4.69, 9.17) is 15.7 Å². The van der Waals surface area contributed by atoms with E-state index in [0.29, 0.717) is 17.7 Å². The first-order valence-corrected chi connectivity index (χ1v) is 8.52. The van der Waals surface area contributed by atoms with Crippen molar-refractivity contribution in [1.82, 2.24) is 4.72 Å². The number of fused-ring (bicyclic) bond motifs is 1. The van der Waals surface area contributed by atoms with Crippen LogP contribution in [-0.4, -0.2) is 33.2 Å². The fourth-order valence-corrected chi connectivity index (χ4v) is 4.55. The van der Waals surface area contributed by atoms with Gasteiger partial charge in [0.1, 0.15) is 0 Å². The summed E-state index contributed by atoms with van der Waals surface area (Å²) in [6, 6.07) is 8.13. The SMILES string of the molecule is N#Cc1ccccc1CS(=O)(=O)NC1C(N)C2CCOC21. The molecule has 6 nitrogen and oxygen atoms in total. The van der Waals surface area contributed by atoms with Gasteiger partial charge in [0.25, 0.3) is 0 Å². The van der Waals surface area contributed by atoms with Crippen LogP contribution in [0.4, 0.5) is 0 Å². The van der Waals surface area contributed by atoms with Gasteiger partial charge in [-0.25, -0.2) is 13.1 Å². The highest BCUT2D eigenvalue weighted by molar-refractivity contribution is 7.88. The fraction of sp³-hybridized carbons (Fsp3) is 0.500. The lowest BCUT2D eigenvalue weighted by Gasteiger charge is -2.45. The Bertz CT molecular complexity index is 683. The van der Waals surface area contributed by atoms with Gasteiger partial charge >= 0.3 is 0 Å². The normalized spacial score (nSPS) is 31.2. The van der Waals surface area contributed by atoms with Gasteiger partial charge in [-0.1, -0.05) is 18.2 Å². The molecule has 1 heterocycles. The zero-order valence-electron chi connectivity index (χ0n) is 11.4. The molecule has 3 rings (SSSR count). The van der Waals surface area contributed by atoms with Crippen LogP contribution in [0, 0.1) is 17.2 Å². The van der Waals surface area contributed by atoms with Gasteiger partial charge in [-0.15, -0.1) is 0 Å². The summed E-state index contributed by atoms with van der Waals surface area (Å²) in [6.07, 6.45) is 0.780. The van der Waals surface area contributed by atoms with Crippen LogP contribution in [0.15, 0.2) is 24.3 Å². The Hall–Kier alpha value is -1.46. The molecule has 1 saturated carbocycles. The monoisotopic (exact) mass is 307 g/mol. The van der Waals surface area contributed by atoms with Gasteiger partial charge in [-0.05, 0) is 18.1 Å². The number of nitrogens with two attached hydrogens (primary N) is 1. The molecule has 0 bridgehead atoms. The number of ether oxygens (including phenoxy) is 1. The number of sulfonamides is 1. The minimum atomic E-state index is -3.56. The maximum absolute atomic E-state index is 12.3. The number of nitriles is 1. The van der Waals surface area contributed by atoms with Crippen molar-refractivity contribution in [2.75, 3.05) is 6.61 Å². The van der Waals surface area contributed by atoms with Crippen LogP contribution in [0.1, 0.15) is 17.5 Å². The van der Waals surface area contributed by atoms with Crippen molar-refractivity contribution in [3.63, 3.8) is 0 Å². The first kappa shape index (κ1) is 14.5. The third-order valence-electron chi connectivity index (χ3n) is 4.25. The molecular weight excluding hydrogens is 290 g/mol. The van der Waals surface area contributed by atoms with Gasteiger partial charge < -0.3 is 10.5 Å². The first-order valence-electron chi connectivity index (χ1n) is 6.87. The summed E-state index contributed by atoms with van der Waals surface area (Å²) < 4.78 is 32.7. The average Bonchev–Trinajstić information content (AvgIpc) is 2.90. The second-order valence-electron chi connectivity index (χ2n) is 5.54. The molecule has 0 spiro atoms. The zero-order valence-corrected chi connectivity index (χ0v) is 12.2. The summed E-state index contributed by atoms with van der Waals surface area (Å²) in [7, 11) is -3.56. The highest BCUT2D eigenvalue weighted by atomic mass is 32.2. The van der Waals surface area contributed by atoms with Crippen LogP contribution in [0.3, 0.4) is 0 Å². The average molecular weight is 307 g/mol. The molecule has 0 radical (unpaired) electrons. The Morgan fingerprint density at radius 1 is 1.43 bits per heavy atom. The third-order valence-corrected chi connectivity index (χ3v) is 5.57. The number of rotatable bonds is 4. The predicted octanol–water partition coefficient (Wildman–Crippen LogP) is 0.0923. The van der Waals surface area contributed by atoms with Crippen LogP contribution in [-0.2, 0) is 20.5 Å². The summed E-state index contributed by atoms with van der Waals surface area (Å²) in [4.78, 5) is 0. The molecule has 1 aliphatic carbocycles. The van der Waals surface area contributed by atoms with Crippen LogP contribution < -0.4 is 10.5 Å². The van der Waals surface area contributed by atoms with E-state index in [0.717, 1.165) is 6.42 Å². The van der Waals surface area contributed by atoms with Crippen LogP contribution in [0.25, 0.3) is 0 Å². The number of nitrogens with zero attached hydrogens (tertiary/aromatic N) is 1. The lowest BCUT2D eigenvalue weighted by Crippen LogP contribution is -2.68. The number of nitrogens with one attached hydrogen (secondary N) is 1. The van der Waals surface area contributed by atoms with Crippen molar-refractivity contribution in [3.05, 3.63) is 35.4 Å². The van der Waals surface area contributed by atoms with Crippen molar-refractivity contribution in [3.8, 4) is 6.07 Å². The summed E-state index contributed by atoms with van der Waals surface area (Å²) in [5.41, 5.74) is 6.87. The minimum Gasteiger partial charge on any atom is -0.376 e. The van der Waals surface area contributed by atoms with E-state index in [1.54, 1.807) is 24.3 Å². The third kappa shape index (κ3) is 2.68. The molecule has 112 valence electrons. The van der Waals surface area contributed by atoms with Gasteiger partial charge in [0.15, 0.2) is 0 Å². The lowest BCUT2D eigenvalue weighted by atomic mass is 9.73. The zero-order chi connectivity index (χ0) is 15.0. The molecule has 21 heavy (non-hydrogen) atoms. The molecule has 7 heteroatoms. The molecule has 2 aliphatic rings. The van der Waals surface area contributed by atoms with Gasteiger partial charge in [-0.2, -0.15) is 5.26 Å². The Kier molecular flexibility index (Phi) is 3.71. The molecule has 1 saturated heterocycles. The number of hydrogen-bond acceptors (Lipinski definition) is 5. The topological polar surface area (TPSA) is 105 Å². The molecule has 3 N–H and O–H groups in total. The lowest BCUT2D eigenvalue weighted by molar-refractivity contribution is -0.00925. The fourth-order valence-electron chi connectivity index (χ4n) is 3.10. The molecule has 4 unspecified atom stereocenters. The van der Waals surface area contributed by atoms with E-state index in [1.165, 1.54) is 0 Å². The molecule has 1 aliphatic heterocycles. The largest absolute Gasteiger partial charge is 0.376 e. The van der Waals surface area contributed by atoms with Crippen LogP contribution in [0.2, 0.25) is 0 Å². The van der Waals surface area contributed by atoms with Crippen LogP contribution >= 0.6 is 0 Å². The van der Waals surface area contributed by atoms with E-state index < -0.39 is 10.0 Å². The first-order chi connectivity index (χ1) is 10.0. The number of benzene rings is 1. The Morgan fingerprint density at radius 2 is 2.19 bits per heavy atom. The quantitative estimate of drug-likeness (QED) is 0.820. The van der Waals surface area contributed by atoms with Crippen molar-refractivity contribution >= 4 is 10.0 Å². The van der Waals surface area contributed by atoms with E-state index in [9.17, 15) is 8.42 Å². The predicted molar refractivity (Wildman–Crippen MR) is 76.5 cm³/mol. The van der Waals surface area contributed by atoms with Crippen LogP contribution in [0.5, 0.6) is 0 Å². The summed E-state index contributed by atoms with van der Waals surface area (Å²) in [5, 5.41) is 9.01. The van der Waals surface area contributed by atoms with Gasteiger partial charge in [0.05, 0.1) is 29.5 Å². The second-order valence-corrected chi connectivity index (χ2v) is 7.29. The molecule has 2 fully saturated rings. The smallest absolute Gasteiger partial charge is 0.216 e. The Labute approximate surface area is 123 Å². The summed E-state index contributed by atoms with van der Waals surface area (Å²) in [5.74, 6) is 0.0289. The minimum absolute atomic E-state index is 0.110. The van der Waals surface area contributed by atoms with Crippen molar-refractivity contribution in [1.29, 1.82) is 5.26 Å². The van der Waals surface area contributed by atoms with Crippen molar-refractivity contribution in [2.45, 2.75) is 30.4 Å². The van der Waals surface area contributed by atoms with E-state index >= 15 is 0 Å². The molecule has 1 aromatic carbocycles. The molecule has 4 atom stereocenters. The molecular formula is C14H17N3O3S. The van der Waals surface area contributed by atoms with Gasteiger partial charge in [-0.3, -0.25) is 0 Å². The van der Waals surface area contributed by atoms with E-state index in [2.05, 4.69) is 4.72 Å². The maximum atomic E-state index is 12.3. The molecule has 0 aromatic heterocycles. The van der Waals surface area contributed by atoms with E-state index in [1.807, 2.05) is 6.07 Å². The van der Waals surface area contributed by atoms with Crippen molar-refractivity contribution < 1.29 is 13.2 Å².